The molecule has 10 nitrogen and oxygen atoms in total. The van der Waals surface area contributed by atoms with Gasteiger partial charge in [-0.2, -0.15) is 5.10 Å². The summed E-state index contributed by atoms with van der Waals surface area (Å²) in [6.45, 7) is 0.820. The smallest absolute Gasteiger partial charge is 0.252 e. The van der Waals surface area contributed by atoms with Crippen molar-refractivity contribution in [1.29, 1.82) is 0 Å². The summed E-state index contributed by atoms with van der Waals surface area (Å²) < 4.78 is 14.1. The normalized spacial score (nSPS) is 22.5. The Morgan fingerprint density at radius 3 is 2.74 bits per heavy atom. The maximum Gasteiger partial charge on any atom is 0.252 e. The molecule has 1 aliphatic heterocycles. The number of aromatic nitrogens is 3. The monoisotopic (exact) mass is 516 g/mol. The Kier molecular flexibility index (Phi) is 6.27. The summed E-state index contributed by atoms with van der Waals surface area (Å²) in [6.07, 6.45) is 12.5. The van der Waals surface area contributed by atoms with E-state index in [4.69, 9.17) is 20.3 Å². The maximum atomic E-state index is 12.2. The fourth-order valence-corrected chi connectivity index (χ4v) is 5.85. The lowest BCUT2D eigenvalue weighted by Crippen LogP contribution is -2.34. The predicted molar refractivity (Wildman–Crippen MR) is 142 cm³/mol. The minimum atomic E-state index is -0.629. The van der Waals surface area contributed by atoms with Crippen LogP contribution in [0.5, 0.6) is 5.75 Å². The van der Waals surface area contributed by atoms with Crippen LogP contribution in [0.25, 0.3) is 11.1 Å². The highest BCUT2D eigenvalue weighted by molar-refractivity contribution is 6.01. The molecule has 3 heterocycles. The molecule has 3 fully saturated rings. The van der Waals surface area contributed by atoms with Crippen molar-refractivity contribution in [2.24, 2.45) is 11.7 Å². The first kappa shape index (κ1) is 24.4. The zero-order valence-corrected chi connectivity index (χ0v) is 21.4. The average Bonchev–Trinajstić information content (AvgIpc) is 3.28. The number of ether oxygens (including phenoxy) is 2. The van der Waals surface area contributed by atoms with Crippen LogP contribution in [0.4, 0.5) is 17.2 Å². The number of carbonyl (C=O) groups is 2. The second-order valence-corrected chi connectivity index (χ2v) is 10.4. The van der Waals surface area contributed by atoms with Gasteiger partial charge in [-0.15, -0.1) is 0 Å². The number of hydrogen-bond acceptors (Lipinski definition) is 7. The molecule has 198 valence electrons. The predicted octanol–water partition coefficient (Wildman–Crippen LogP) is 4.42. The van der Waals surface area contributed by atoms with E-state index >= 15 is 0 Å². The van der Waals surface area contributed by atoms with Crippen molar-refractivity contribution in [2.75, 3.05) is 24.4 Å². The van der Waals surface area contributed by atoms with Crippen molar-refractivity contribution >= 4 is 29.0 Å². The Morgan fingerprint density at radius 2 is 2.00 bits per heavy atom. The molecule has 2 atom stereocenters. The summed E-state index contributed by atoms with van der Waals surface area (Å²) in [6, 6.07) is 7.59. The second-order valence-electron chi connectivity index (χ2n) is 10.4. The second kappa shape index (κ2) is 9.75. The number of rotatable bonds is 8. The number of nitrogens with one attached hydrogen (secondary N) is 2. The van der Waals surface area contributed by atoms with E-state index in [-0.39, 0.29) is 29.0 Å². The fourth-order valence-electron chi connectivity index (χ4n) is 5.85. The Bertz CT molecular complexity index is 1370. The van der Waals surface area contributed by atoms with Crippen molar-refractivity contribution < 1.29 is 19.1 Å². The summed E-state index contributed by atoms with van der Waals surface area (Å²) in [5.74, 6) is 0.280. The number of nitrogens with two attached hydrogens (primary N) is 1. The zero-order chi connectivity index (χ0) is 26.3. The first-order chi connectivity index (χ1) is 18.5. The molecule has 2 saturated carbocycles. The summed E-state index contributed by atoms with van der Waals surface area (Å²) in [5.41, 5.74) is 8.58. The number of amides is 2. The van der Waals surface area contributed by atoms with E-state index in [0.29, 0.717) is 22.9 Å². The Morgan fingerprint density at radius 1 is 1.16 bits per heavy atom. The van der Waals surface area contributed by atoms with Gasteiger partial charge in [-0.1, -0.05) is 12.1 Å². The molecule has 1 spiro atoms. The summed E-state index contributed by atoms with van der Waals surface area (Å²) in [5, 5.41) is 10.8. The van der Waals surface area contributed by atoms with Gasteiger partial charge in [0, 0.05) is 42.1 Å². The van der Waals surface area contributed by atoms with Crippen molar-refractivity contribution in [2.45, 2.75) is 56.6 Å². The maximum absolute atomic E-state index is 12.2. The number of para-hydroxylation sites is 1. The molecule has 4 N–H and O–H groups in total. The number of carbonyl (C=O) groups excluding carboxylic acids is 2. The lowest BCUT2D eigenvalue weighted by molar-refractivity contribution is -0.117. The molecule has 6 rings (SSSR count). The Labute approximate surface area is 220 Å². The Hall–Kier alpha value is -3.92. The molecule has 2 aliphatic carbocycles. The molecule has 0 bridgehead atoms. The number of primary amides is 1. The van der Waals surface area contributed by atoms with Crippen LogP contribution in [0.15, 0.2) is 42.9 Å². The molecular weight excluding hydrogens is 484 g/mol. The van der Waals surface area contributed by atoms with Crippen LogP contribution >= 0.6 is 0 Å². The molecule has 0 radical (unpaired) electrons. The topological polar surface area (TPSA) is 133 Å². The van der Waals surface area contributed by atoms with Gasteiger partial charge in [0.2, 0.25) is 5.91 Å². The first-order valence-corrected chi connectivity index (χ1v) is 13.2. The van der Waals surface area contributed by atoms with Crippen LogP contribution in [-0.2, 0) is 9.53 Å². The third-order valence-corrected chi connectivity index (χ3v) is 7.91. The minimum Gasteiger partial charge on any atom is -0.494 e. The number of pyridine rings is 1. The van der Waals surface area contributed by atoms with Crippen LogP contribution in [-0.4, -0.2) is 45.9 Å². The zero-order valence-electron chi connectivity index (χ0n) is 21.4. The van der Waals surface area contributed by atoms with E-state index in [1.165, 1.54) is 6.20 Å². The van der Waals surface area contributed by atoms with Gasteiger partial charge in [-0.25, -0.2) is 4.98 Å². The van der Waals surface area contributed by atoms with Gasteiger partial charge in [-0.3, -0.25) is 14.3 Å². The number of benzene rings is 1. The van der Waals surface area contributed by atoms with Crippen LogP contribution in [0.1, 0.15) is 61.3 Å². The Balaban J connectivity index is 1.30. The van der Waals surface area contributed by atoms with Crippen LogP contribution in [0, 0.1) is 5.92 Å². The standard InChI is InChI=1S/C28H32N6O4/c1-37-25-19(18-14-31-34(16-18)23-7-3-10-28(23)11-4-12-38-28)5-2-6-21(25)32-22-13-24(30-15-20(22)26(29)35)33-27(36)17-8-9-17/h2,5-6,13-17,23H,3-4,7-12H2,1H3,(H2,29,35)(H2,30,32,33,36)/t23-,28-/m1/s1. The molecule has 10 heteroatoms. The van der Waals surface area contributed by atoms with Gasteiger partial charge in [0.05, 0.1) is 41.9 Å². The highest BCUT2D eigenvalue weighted by atomic mass is 16.5. The van der Waals surface area contributed by atoms with E-state index in [9.17, 15) is 9.59 Å². The van der Waals surface area contributed by atoms with Crippen LogP contribution < -0.4 is 21.1 Å². The van der Waals surface area contributed by atoms with Crippen molar-refractivity contribution in [3.05, 3.63) is 48.4 Å². The minimum absolute atomic E-state index is 0.0288. The van der Waals surface area contributed by atoms with Crippen LogP contribution in [0.2, 0.25) is 0 Å². The fraction of sp³-hybridized carbons (Fsp3) is 0.429. The average molecular weight is 517 g/mol. The van der Waals surface area contributed by atoms with Crippen LogP contribution in [0.3, 0.4) is 0 Å². The number of methoxy groups -OCH3 is 1. The largest absolute Gasteiger partial charge is 0.494 e. The molecule has 2 aromatic heterocycles. The van der Waals surface area contributed by atoms with Crippen molar-refractivity contribution in [3.63, 3.8) is 0 Å². The van der Waals surface area contributed by atoms with Gasteiger partial charge >= 0.3 is 0 Å². The van der Waals surface area contributed by atoms with Crippen molar-refractivity contribution in [1.82, 2.24) is 14.8 Å². The molecule has 2 amide bonds. The van der Waals surface area contributed by atoms with E-state index in [1.54, 1.807) is 13.2 Å². The van der Waals surface area contributed by atoms with E-state index in [0.717, 1.165) is 62.7 Å². The molecule has 0 unspecified atom stereocenters. The van der Waals surface area contributed by atoms with E-state index in [2.05, 4.69) is 26.5 Å². The molecular formula is C28H32N6O4. The van der Waals surface area contributed by atoms with Gasteiger partial charge in [0.15, 0.2) is 0 Å². The van der Waals surface area contributed by atoms with Gasteiger partial charge < -0.3 is 25.8 Å². The SMILES string of the molecule is COc1c(Nc2cc(NC(=O)C3CC3)ncc2C(N)=O)cccc1-c1cnn([C@@H]2CCC[C@@]23CCCO3)c1. The highest BCUT2D eigenvalue weighted by Gasteiger charge is 2.47. The van der Waals surface area contributed by atoms with E-state index < -0.39 is 5.91 Å². The highest BCUT2D eigenvalue weighted by Crippen LogP contribution is 2.48. The quantitative estimate of drug-likeness (QED) is 0.404. The first-order valence-electron chi connectivity index (χ1n) is 13.2. The molecule has 1 aromatic carbocycles. The summed E-state index contributed by atoms with van der Waals surface area (Å²) >= 11 is 0. The molecule has 38 heavy (non-hydrogen) atoms. The number of nitrogens with zero attached hydrogens (tertiary/aromatic N) is 3. The molecule has 3 aromatic rings. The summed E-state index contributed by atoms with van der Waals surface area (Å²) in [4.78, 5) is 28.6. The third-order valence-electron chi connectivity index (χ3n) is 7.91. The van der Waals surface area contributed by atoms with Crippen molar-refractivity contribution in [3.8, 4) is 16.9 Å². The summed E-state index contributed by atoms with van der Waals surface area (Å²) in [7, 11) is 1.61. The van der Waals surface area contributed by atoms with Gasteiger partial charge in [-0.05, 0) is 51.0 Å². The third kappa shape index (κ3) is 4.49. The lowest BCUT2D eigenvalue weighted by Gasteiger charge is -2.30. The number of hydrogen-bond donors (Lipinski definition) is 3. The lowest BCUT2D eigenvalue weighted by atomic mass is 9.94. The van der Waals surface area contributed by atoms with Gasteiger partial charge in [0.25, 0.3) is 5.91 Å². The molecule has 3 aliphatic rings. The molecule has 1 saturated heterocycles. The number of anilines is 3. The van der Waals surface area contributed by atoms with E-state index in [1.807, 2.05) is 24.4 Å². The van der Waals surface area contributed by atoms with Gasteiger partial charge in [0.1, 0.15) is 11.6 Å².